The van der Waals surface area contributed by atoms with E-state index in [2.05, 4.69) is 10.1 Å². The quantitative estimate of drug-likeness (QED) is 0.397. The molecule has 3 amide bonds. The summed E-state index contributed by atoms with van der Waals surface area (Å²) in [6.45, 7) is -0.578. The number of esters is 1. The summed E-state index contributed by atoms with van der Waals surface area (Å²) in [5.74, 6) is -1.39. The van der Waals surface area contributed by atoms with E-state index in [1.54, 1.807) is 6.07 Å². The van der Waals surface area contributed by atoms with Gasteiger partial charge in [-0.2, -0.15) is 0 Å². The van der Waals surface area contributed by atoms with Crippen molar-refractivity contribution in [3.8, 4) is 11.5 Å². The van der Waals surface area contributed by atoms with Gasteiger partial charge in [0, 0.05) is 5.56 Å². The lowest BCUT2D eigenvalue weighted by Gasteiger charge is -2.13. The Kier molecular flexibility index (Phi) is 6.76. The van der Waals surface area contributed by atoms with Crippen molar-refractivity contribution < 1.29 is 33.0 Å². The Morgan fingerprint density at radius 1 is 1.23 bits per heavy atom. The zero-order chi connectivity index (χ0) is 22.5. The molecular weight excluding hydrogens is 431 g/mol. The maximum atomic E-state index is 13.9. The minimum atomic E-state index is -0.671. The zero-order valence-electron chi connectivity index (χ0n) is 16.6. The van der Waals surface area contributed by atoms with E-state index in [4.69, 9.17) is 21.1 Å². The summed E-state index contributed by atoms with van der Waals surface area (Å²) < 4.78 is 29.0. The van der Waals surface area contributed by atoms with Crippen LogP contribution >= 0.6 is 11.6 Å². The minimum absolute atomic E-state index is 0.0114. The standard InChI is InChI=1S/C21H18ClFN2O6/c1-29-17-9-12(7-14(22)19(17)31-11-18(26)30-2)8-16-20(27)25(21(28)24-16)10-13-5-3-4-6-15(13)23/h3-9H,10-11H2,1-2H3,(H,24,28). The van der Waals surface area contributed by atoms with Gasteiger partial charge in [-0.1, -0.05) is 29.8 Å². The van der Waals surface area contributed by atoms with Gasteiger partial charge in [0.05, 0.1) is 25.8 Å². The van der Waals surface area contributed by atoms with Crippen LogP contribution in [-0.2, 0) is 20.9 Å². The van der Waals surface area contributed by atoms with Crippen molar-refractivity contribution in [2.75, 3.05) is 20.8 Å². The molecule has 0 aromatic heterocycles. The summed E-state index contributed by atoms with van der Waals surface area (Å²) in [6, 6.07) is 8.21. The van der Waals surface area contributed by atoms with Crippen LogP contribution < -0.4 is 14.8 Å². The number of hydrogen-bond acceptors (Lipinski definition) is 6. The topological polar surface area (TPSA) is 94.2 Å². The van der Waals surface area contributed by atoms with E-state index in [0.29, 0.717) is 5.56 Å². The molecule has 0 bridgehead atoms. The first kappa shape index (κ1) is 22.1. The molecule has 1 heterocycles. The molecule has 1 saturated heterocycles. The van der Waals surface area contributed by atoms with Crippen LogP contribution in [0.3, 0.4) is 0 Å². The van der Waals surface area contributed by atoms with E-state index in [-0.39, 0.29) is 40.9 Å². The highest BCUT2D eigenvalue weighted by molar-refractivity contribution is 6.32. The van der Waals surface area contributed by atoms with Crippen LogP contribution in [0.5, 0.6) is 11.5 Å². The van der Waals surface area contributed by atoms with E-state index in [0.717, 1.165) is 4.90 Å². The molecule has 10 heteroatoms. The van der Waals surface area contributed by atoms with Gasteiger partial charge in [-0.3, -0.25) is 9.69 Å². The summed E-state index contributed by atoms with van der Waals surface area (Å²) in [4.78, 5) is 37.1. The van der Waals surface area contributed by atoms with Crippen molar-refractivity contribution in [1.29, 1.82) is 0 Å². The maximum absolute atomic E-state index is 13.9. The molecule has 0 spiro atoms. The Hall–Kier alpha value is -3.59. The van der Waals surface area contributed by atoms with Crippen molar-refractivity contribution in [1.82, 2.24) is 10.2 Å². The van der Waals surface area contributed by atoms with Crippen LogP contribution in [0.2, 0.25) is 5.02 Å². The van der Waals surface area contributed by atoms with Gasteiger partial charge in [-0.05, 0) is 29.8 Å². The monoisotopic (exact) mass is 448 g/mol. The molecule has 2 aromatic carbocycles. The fourth-order valence-corrected chi connectivity index (χ4v) is 3.11. The second-order valence-electron chi connectivity index (χ2n) is 6.37. The normalized spacial score (nSPS) is 14.6. The number of halogens is 2. The molecule has 3 rings (SSSR count). The number of benzene rings is 2. The lowest BCUT2D eigenvalue weighted by atomic mass is 10.1. The molecule has 1 aliphatic rings. The molecule has 0 saturated carbocycles. The van der Waals surface area contributed by atoms with Gasteiger partial charge < -0.3 is 19.5 Å². The summed E-state index contributed by atoms with van der Waals surface area (Å²) in [5.41, 5.74) is 0.635. The molecular formula is C21H18ClFN2O6. The minimum Gasteiger partial charge on any atom is -0.493 e. The van der Waals surface area contributed by atoms with E-state index < -0.39 is 23.7 Å². The zero-order valence-corrected chi connectivity index (χ0v) is 17.4. The number of nitrogens with one attached hydrogen (secondary N) is 1. The lowest BCUT2D eigenvalue weighted by Crippen LogP contribution is -2.30. The molecule has 8 nitrogen and oxygen atoms in total. The highest BCUT2D eigenvalue weighted by atomic mass is 35.5. The summed E-state index contributed by atoms with van der Waals surface area (Å²) in [5, 5.41) is 2.58. The number of amides is 3. The molecule has 0 radical (unpaired) electrons. The molecule has 1 aliphatic heterocycles. The number of methoxy groups -OCH3 is 2. The first-order valence-electron chi connectivity index (χ1n) is 8.99. The predicted molar refractivity (Wildman–Crippen MR) is 109 cm³/mol. The van der Waals surface area contributed by atoms with Crippen LogP contribution in [0.25, 0.3) is 6.08 Å². The number of nitrogens with zero attached hydrogens (tertiary/aromatic N) is 1. The molecule has 2 aromatic rings. The molecule has 31 heavy (non-hydrogen) atoms. The van der Waals surface area contributed by atoms with Gasteiger partial charge in [0.2, 0.25) is 0 Å². The van der Waals surface area contributed by atoms with Crippen molar-refractivity contribution in [3.05, 3.63) is 64.1 Å². The molecule has 0 aliphatic carbocycles. The Bertz CT molecular complexity index is 1070. The molecule has 1 N–H and O–H groups in total. The molecule has 162 valence electrons. The van der Waals surface area contributed by atoms with Crippen molar-refractivity contribution in [2.45, 2.75) is 6.54 Å². The van der Waals surface area contributed by atoms with E-state index in [1.165, 1.54) is 50.6 Å². The Morgan fingerprint density at radius 3 is 2.65 bits per heavy atom. The fourth-order valence-electron chi connectivity index (χ4n) is 2.83. The van der Waals surface area contributed by atoms with Crippen LogP contribution in [0.1, 0.15) is 11.1 Å². The summed E-state index contributed by atoms with van der Waals surface area (Å²) in [6.07, 6.45) is 1.40. The number of rotatable bonds is 7. The third-order valence-electron chi connectivity index (χ3n) is 4.37. The number of carbonyl (C=O) groups is 3. The van der Waals surface area contributed by atoms with Gasteiger partial charge in [0.1, 0.15) is 11.5 Å². The Morgan fingerprint density at radius 2 is 1.97 bits per heavy atom. The second kappa shape index (κ2) is 9.48. The van der Waals surface area contributed by atoms with E-state index >= 15 is 0 Å². The average Bonchev–Trinajstić information content (AvgIpc) is 3.01. The number of hydrogen-bond donors (Lipinski definition) is 1. The fraction of sp³-hybridized carbons (Fsp3) is 0.190. The van der Waals surface area contributed by atoms with Gasteiger partial charge in [-0.15, -0.1) is 0 Å². The highest BCUT2D eigenvalue weighted by Gasteiger charge is 2.34. The van der Waals surface area contributed by atoms with Gasteiger partial charge in [-0.25, -0.2) is 14.0 Å². The second-order valence-corrected chi connectivity index (χ2v) is 6.78. The van der Waals surface area contributed by atoms with Crippen LogP contribution in [0.4, 0.5) is 9.18 Å². The van der Waals surface area contributed by atoms with Gasteiger partial charge in [0.25, 0.3) is 5.91 Å². The summed E-state index contributed by atoms with van der Waals surface area (Å²) >= 11 is 6.23. The first-order valence-corrected chi connectivity index (χ1v) is 9.37. The smallest absolute Gasteiger partial charge is 0.343 e. The van der Waals surface area contributed by atoms with Crippen LogP contribution in [-0.4, -0.2) is 43.6 Å². The maximum Gasteiger partial charge on any atom is 0.343 e. The first-order chi connectivity index (χ1) is 14.8. The Labute approximate surface area is 182 Å². The number of urea groups is 1. The van der Waals surface area contributed by atoms with Gasteiger partial charge >= 0.3 is 12.0 Å². The van der Waals surface area contributed by atoms with Gasteiger partial charge in [0.15, 0.2) is 18.1 Å². The third-order valence-corrected chi connectivity index (χ3v) is 4.65. The largest absolute Gasteiger partial charge is 0.493 e. The van der Waals surface area contributed by atoms with Crippen LogP contribution in [0, 0.1) is 5.82 Å². The lowest BCUT2D eigenvalue weighted by molar-refractivity contribution is -0.142. The number of ether oxygens (including phenoxy) is 3. The number of carbonyl (C=O) groups excluding carboxylic acids is 3. The van der Waals surface area contributed by atoms with E-state index in [9.17, 15) is 18.8 Å². The van der Waals surface area contributed by atoms with Crippen LogP contribution in [0.15, 0.2) is 42.1 Å². The SMILES string of the molecule is COC(=O)COc1c(Cl)cc(C=C2NC(=O)N(Cc3ccccc3F)C2=O)cc1OC. The number of imide groups is 1. The average molecular weight is 449 g/mol. The summed E-state index contributed by atoms with van der Waals surface area (Å²) in [7, 11) is 2.61. The highest BCUT2D eigenvalue weighted by Crippen LogP contribution is 2.37. The molecule has 1 fully saturated rings. The third kappa shape index (κ3) is 4.95. The molecule has 0 unspecified atom stereocenters. The predicted octanol–water partition coefficient (Wildman–Crippen LogP) is 3.13. The van der Waals surface area contributed by atoms with Crippen molar-refractivity contribution in [3.63, 3.8) is 0 Å². The Balaban J connectivity index is 1.83. The molecule has 0 atom stereocenters. The van der Waals surface area contributed by atoms with E-state index in [1.807, 2.05) is 0 Å². The van der Waals surface area contributed by atoms with Crippen molar-refractivity contribution >= 4 is 35.6 Å². The van der Waals surface area contributed by atoms with Crippen molar-refractivity contribution in [2.24, 2.45) is 0 Å².